The molecule has 1 heterocycles. The average molecular weight is 354 g/mol. The van der Waals surface area contributed by atoms with E-state index in [1.807, 2.05) is 0 Å². The van der Waals surface area contributed by atoms with Crippen molar-refractivity contribution in [3.8, 4) is 0 Å². The molecule has 6 rings (SSSR count). The molecule has 0 aromatic heterocycles. The van der Waals surface area contributed by atoms with Crippen molar-refractivity contribution in [3.63, 3.8) is 0 Å². The van der Waals surface area contributed by atoms with Crippen LogP contribution in [0.15, 0.2) is 30.3 Å². The number of urea groups is 1. The van der Waals surface area contributed by atoms with Crippen LogP contribution >= 0.6 is 0 Å². The van der Waals surface area contributed by atoms with Gasteiger partial charge in [-0.05, 0) is 81.3 Å². The Morgan fingerprint density at radius 1 is 1.04 bits per heavy atom. The Labute approximate surface area is 156 Å². The Kier molecular flexibility index (Phi) is 4.10. The summed E-state index contributed by atoms with van der Waals surface area (Å²) in [5.74, 6) is 2.60. The summed E-state index contributed by atoms with van der Waals surface area (Å²) >= 11 is 0. The van der Waals surface area contributed by atoms with Gasteiger partial charge < -0.3 is 15.5 Å². The van der Waals surface area contributed by atoms with E-state index in [2.05, 4.69) is 45.9 Å². The second kappa shape index (κ2) is 6.47. The number of nitrogens with one attached hydrogen (secondary N) is 2. The van der Waals surface area contributed by atoms with Gasteiger partial charge in [0.25, 0.3) is 0 Å². The predicted octanol–water partition coefficient (Wildman–Crippen LogP) is 3.92. The highest BCUT2D eigenvalue weighted by Gasteiger charge is 2.51. The number of rotatable bonds is 4. The highest BCUT2D eigenvalue weighted by Crippen LogP contribution is 2.55. The molecule has 4 bridgehead atoms. The molecule has 1 atom stereocenters. The van der Waals surface area contributed by atoms with E-state index in [9.17, 15) is 4.79 Å². The first-order valence-corrected chi connectivity index (χ1v) is 10.6. The standard InChI is InChI=1S/C22H31N3O/c26-21(24-22-12-16-9-17(13-22)11-18(10-16)14-22)23-15-20-7-4-8-25(20)19-5-2-1-3-6-19/h1-3,5-6,16-18,20H,4,7-15H2,(H2,23,24,26)/t16?,17?,18?,20-,22?/m0/s1. The van der Waals surface area contributed by atoms with Crippen LogP contribution in [0.4, 0.5) is 10.5 Å². The van der Waals surface area contributed by atoms with Gasteiger partial charge in [-0.2, -0.15) is 0 Å². The van der Waals surface area contributed by atoms with Gasteiger partial charge in [0.05, 0.1) is 0 Å². The van der Waals surface area contributed by atoms with Gasteiger partial charge in [0.2, 0.25) is 0 Å². The van der Waals surface area contributed by atoms with Gasteiger partial charge in [0.1, 0.15) is 0 Å². The Bertz CT molecular complexity index is 623. The Balaban J connectivity index is 1.18. The lowest BCUT2D eigenvalue weighted by Gasteiger charge is -2.56. The fourth-order valence-electron chi connectivity index (χ4n) is 6.77. The maximum atomic E-state index is 12.7. The molecule has 0 spiro atoms. The number of anilines is 1. The molecular weight excluding hydrogens is 322 g/mol. The summed E-state index contributed by atoms with van der Waals surface area (Å²) in [6, 6.07) is 11.1. The van der Waals surface area contributed by atoms with E-state index < -0.39 is 0 Å². The van der Waals surface area contributed by atoms with E-state index in [-0.39, 0.29) is 11.6 Å². The van der Waals surface area contributed by atoms with Gasteiger partial charge in [-0.25, -0.2) is 4.79 Å². The van der Waals surface area contributed by atoms with Gasteiger partial charge >= 0.3 is 6.03 Å². The SMILES string of the molecule is O=C(NC[C@@H]1CCCN1c1ccccc1)NC12CC3CC(CC(C3)C1)C2. The van der Waals surface area contributed by atoms with Gasteiger partial charge in [-0.15, -0.1) is 0 Å². The number of hydrogen-bond acceptors (Lipinski definition) is 2. The second-order valence-electron chi connectivity index (χ2n) is 9.36. The molecule has 1 aromatic carbocycles. The average Bonchev–Trinajstić information content (AvgIpc) is 3.08. The molecular formula is C22H31N3O. The van der Waals surface area contributed by atoms with Crippen LogP contribution in [-0.2, 0) is 0 Å². The molecule has 5 aliphatic rings. The predicted molar refractivity (Wildman–Crippen MR) is 104 cm³/mol. The lowest BCUT2D eigenvalue weighted by molar-refractivity contribution is -0.0135. The van der Waals surface area contributed by atoms with Crippen molar-refractivity contribution >= 4 is 11.7 Å². The van der Waals surface area contributed by atoms with Crippen molar-refractivity contribution < 1.29 is 4.79 Å². The number of amides is 2. The third-order valence-corrected chi connectivity index (χ3v) is 7.38. The molecule has 4 saturated carbocycles. The number of para-hydroxylation sites is 1. The maximum absolute atomic E-state index is 12.7. The van der Waals surface area contributed by atoms with E-state index in [4.69, 9.17) is 0 Å². The summed E-state index contributed by atoms with van der Waals surface area (Å²) in [6.45, 7) is 1.83. The third-order valence-electron chi connectivity index (χ3n) is 7.38. The highest BCUT2D eigenvalue weighted by atomic mass is 16.2. The first-order chi connectivity index (χ1) is 12.7. The van der Waals surface area contributed by atoms with E-state index >= 15 is 0 Å². The van der Waals surface area contributed by atoms with Gasteiger partial charge in [0, 0.05) is 30.4 Å². The maximum Gasteiger partial charge on any atom is 0.315 e. The zero-order valence-corrected chi connectivity index (χ0v) is 15.6. The van der Waals surface area contributed by atoms with Gasteiger partial charge in [0.15, 0.2) is 0 Å². The molecule has 4 nitrogen and oxygen atoms in total. The Morgan fingerprint density at radius 3 is 2.35 bits per heavy atom. The van der Waals surface area contributed by atoms with Crippen molar-refractivity contribution in [3.05, 3.63) is 30.3 Å². The summed E-state index contributed by atoms with van der Waals surface area (Å²) in [6.07, 6.45) is 10.2. The summed E-state index contributed by atoms with van der Waals surface area (Å²) in [5, 5.41) is 6.64. The summed E-state index contributed by atoms with van der Waals surface area (Å²) < 4.78 is 0. The van der Waals surface area contributed by atoms with Gasteiger partial charge in [-0.1, -0.05) is 18.2 Å². The van der Waals surface area contributed by atoms with Gasteiger partial charge in [-0.3, -0.25) is 0 Å². The summed E-state index contributed by atoms with van der Waals surface area (Å²) in [4.78, 5) is 15.1. The fraction of sp³-hybridized carbons (Fsp3) is 0.682. The van der Waals surface area contributed by atoms with E-state index in [1.165, 1.54) is 50.6 Å². The summed E-state index contributed by atoms with van der Waals surface area (Å²) in [5.41, 5.74) is 1.38. The molecule has 140 valence electrons. The zero-order chi connectivity index (χ0) is 17.6. The van der Waals surface area contributed by atoms with E-state index in [0.29, 0.717) is 6.04 Å². The van der Waals surface area contributed by atoms with Crippen molar-refractivity contribution in [1.29, 1.82) is 0 Å². The van der Waals surface area contributed by atoms with Crippen LogP contribution in [0.1, 0.15) is 51.4 Å². The van der Waals surface area contributed by atoms with E-state index in [0.717, 1.165) is 37.3 Å². The highest BCUT2D eigenvalue weighted by molar-refractivity contribution is 5.75. The Hall–Kier alpha value is -1.71. The lowest BCUT2D eigenvalue weighted by atomic mass is 9.53. The number of nitrogens with zero attached hydrogens (tertiary/aromatic N) is 1. The minimum atomic E-state index is 0.0619. The number of carbonyl (C=O) groups excluding carboxylic acids is 1. The molecule has 4 heteroatoms. The first kappa shape index (κ1) is 16.5. The molecule has 5 fully saturated rings. The fourth-order valence-corrected chi connectivity index (χ4v) is 6.77. The molecule has 4 aliphatic carbocycles. The van der Waals surface area contributed by atoms with Crippen molar-refractivity contribution in [2.45, 2.75) is 62.9 Å². The molecule has 0 unspecified atom stereocenters. The van der Waals surface area contributed by atoms with Crippen LogP contribution in [-0.4, -0.2) is 30.7 Å². The number of carbonyl (C=O) groups is 1. The minimum Gasteiger partial charge on any atom is -0.367 e. The molecule has 1 aromatic rings. The van der Waals surface area contributed by atoms with Crippen LogP contribution in [0, 0.1) is 17.8 Å². The monoisotopic (exact) mass is 353 g/mol. The second-order valence-corrected chi connectivity index (χ2v) is 9.36. The molecule has 1 aliphatic heterocycles. The molecule has 26 heavy (non-hydrogen) atoms. The van der Waals surface area contributed by atoms with Crippen LogP contribution in [0.25, 0.3) is 0 Å². The summed E-state index contributed by atoms with van der Waals surface area (Å²) in [7, 11) is 0. The number of benzene rings is 1. The van der Waals surface area contributed by atoms with Crippen molar-refractivity contribution in [2.24, 2.45) is 17.8 Å². The van der Waals surface area contributed by atoms with Crippen LogP contribution in [0.2, 0.25) is 0 Å². The number of hydrogen-bond donors (Lipinski definition) is 2. The largest absolute Gasteiger partial charge is 0.367 e. The molecule has 1 saturated heterocycles. The topological polar surface area (TPSA) is 44.4 Å². The van der Waals surface area contributed by atoms with Crippen molar-refractivity contribution in [1.82, 2.24) is 10.6 Å². The normalized spacial score (nSPS) is 37.8. The Morgan fingerprint density at radius 2 is 1.69 bits per heavy atom. The smallest absolute Gasteiger partial charge is 0.315 e. The minimum absolute atomic E-state index is 0.0619. The zero-order valence-electron chi connectivity index (χ0n) is 15.6. The lowest BCUT2D eigenvalue weighted by Crippen LogP contribution is -2.61. The molecule has 2 amide bonds. The molecule has 0 radical (unpaired) electrons. The third kappa shape index (κ3) is 3.08. The molecule has 2 N–H and O–H groups in total. The van der Waals surface area contributed by atoms with E-state index in [1.54, 1.807) is 0 Å². The van der Waals surface area contributed by atoms with Crippen LogP contribution < -0.4 is 15.5 Å². The first-order valence-electron chi connectivity index (χ1n) is 10.6. The van der Waals surface area contributed by atoms with Crippen molar-refractivity contribution in [2.75, 3.05) is 18.0 Å². The van der Waals surface area contributed by atoms with Crippen LogP contribution in [0.3, 0.4) is 0 Å². The quantitative estimate of drug-likeness (QED) is 0.861. The van der Waals surface area contributed by atoms with Crippen LogP contribution in [0.5, 0.6) is 0 Å².